The minimum atomic E-state index is -0.459. The highest BCUT2D eigenvalue weighted by molar-refractivity contribution is 5.85. The molecule has 1 fully saturated rings. The molecule has 1 heterocycles. The van der Waals surface area contributed by atoms with E-state index in [1.165, 1.54) is 6.08 Å². The van der Waals surface area contributed by atoms with Crippen molar-refractivity contribution < 1.29 is 14.3 Å². The SMILES string of the molecule is CC(C)(C)OC(=O)N1CCC(C=CC(N)=O)CC1. The molecule has 1 saturated heterocycles. The van der Waals surface area contributed by atoms with Crippen LogP contribution in [-0.4, -0.2) is 35.6 Å². The molecule has 0 atom stereocenters. The molecule has 5 heteroatoms. The molecule has 0 unspecified atom stereocenters. The Bertz CT molecular complexity index is 337. The van der Waals surface area contributed by atoms with Crippen molar-refractivity contribution in [1.82, 2.24) is 4.90 Å². The number of hydrogen-bond donors (Lipinski definition) is 1. The molecule has 0 aromatic rings. The molecular weight excluding hydrogens is 232 g/mol. The maximum Gasteiger partial charge on any atom is 0.410 e. The second-order valence-electron chi connectivity index (χ2n) is 5.57. The molecule has 0 aliphatic carbocycles. The van der Waals surface area contributed by atoms with Crippen molar-refractivity contribution >= 4 is 12.0 Å². The Balaban J connectivity index is 2.39. The average molecular weight is 254 g/mol. The zero-order chi connectivity index (χ0) is 13.8. The van der Waals surface area contributed by atoms with Gasteiger partial charge in [0.05, 0.1) is 0 Å². The molecular formula is C13H22N2O3. The molecule has 0 radical (unpaired) electrons. The van der Waals surface area contributed by atoms with Crippen LogP contribution >= 0.6 is 0 Å². The number of carbonyl (C=O) groups is 2. The average Bonchev–Trinajstić information content (AvgIpc) is 2.24. The van der Waals surface area contributed by atoms with Gasteiger partial charge in [0, 0.05) is 13.1 Å². The van der Waals surface area contributed by atoms with Gasteiger partial charge in [0.2, 0.25) is 5.91 Å². The van der Waals surface area contributed by atoms with Crippen molar-refractivity contribution in [3.05, 3.63) is 12.2 Å². The number of ether oxygens (including phenoxy) is 1. The van der Waals surface area contributed by atoms with Crippen molar-refractivity contribution in [1.29, 1.82) is 0 Å². The van der Waals surface area contributed by atoms with Crippen LogP contribution in [0, 0.1) is 5.92 Å². The molecule has 0 aromatic carbocycles. The zero-order valence-electron chi connectivity index (χ0n) is 11.3. The highest BCUT2D eigenvalue weighted by atomic mass is 16.6. The molecule has 0 saturated carbocycles. The lowest BCUT2D eigenvalue weighted by Crippen LogP contribution is -2.41. The molecule has 1 rings (SSSR count). The van der Waals surface area contributed by atoms with E-state index in [0.717, 1.165) is 12.8 Å². The molecule has 5 nitrogen and oxygen atoms in total. The first-order valence-corrected chi connectivity index (χ1v) is 6.23. The monoisotopic (exact) mass is 254 g/mol. The van der Waals surface area contributed by atoms with Gasteiger partial charge in [0.15, 0.2) is 0 Å². The van der Waals surface area contributed by atoms with Crippen molar-refractivity contribution in [3.8, 4) is 0 Å². The molecule has 2 amide bonds. The van der Waals surface area contributed by atoms with E-state index in [0.29, 0.717) is 19.0 Å². The fraction of sp³-hybridized carbons (Fsp3) is 0.692. The van der Waals surface area contributed by atoms with Crippen molar-refractivity contribution in [2.45, 2.75) is 39.2 Å². The summed E-state index contributed by atoms with van der Waals surface area (Å²) in [4.78, 5) is 24.1. The van der Waals surface area contributed by atoms with E-state index in [-0.39, 0.29) is 6.09 Å². The van der Waals surface area contributed by atoms with Crippen LogP contribution in [0.3, 0.4) is 0 Å². The third-order valence-electron chi connectivity index (χ3n) is 2.72. The summed E-state index contributed by atoms with van der Waals surface area (Å²) in [6.07, 6.45) is 4.63. The summed E-state index contributed by atoms with van der Waals surface area (Å²) >= 11 is 0. The van der Waals surface area contributed by atoms with Gasteiger partial charge in [0.1, 0.15) is 5.60 Å². The number of piperidine rings is 1. The van der Waals surface area contributed by atoms with E-state index >= 15 is 0 Å². The molecule has 0 bridgehead atoms. The van der Waals surface area contributed by atoms with Crippen LogP contribution in [0.4, 0.5) is 4.79 Å². The lowest BCUT2D eigenvalue weighted by atomic mass is 9.96. The van der Waals surface area contributed by atoms with E-state index in [2.05, 4.69) is 0 Å². The summed E-state index contributed by atoms with van der Waals surface area (Å²) in [5.41, 5.74) is 4.59. The first kappa shape index (κ1) is 14.5. The largest absolute Gasteiger partial charge is 0.444 e. The standard InChI is InChI=1S/C13H22N2O3/c1-13(2,3)18-12(17)15-8-6-10(7-9-15)4-5-11(14)16/h4-5,10H,6-9H2,1-3H3,(H2,14,16). The van der Waals surface area contributed by atoms with E-state index < -0.39 is 11.5 Å². The summed E-state index contributed by atoms with van der Waals surface area (Å²) in [6, 6.07) is 0. The summed E-state index contributed by atoms with van der Waals surface area (Å²) in [7, 11) is 0. The normalized spacial score (nSPS) is 18.1. The zero-order valence-corrected chi connectivity index (χ0v) is 11.3. The van der Waals surface area contributed by atoms with Crippen LogP contribution in [0.2, 0.25) is 0 Å². The van der Waals surface area contributed by atoms with E-state index in [1.54, 1.807) is 4.90 Å². The van der Waals surface area contributed by atoms with E-state index in [9.17, 15) is 9.59 Å². The minimum absolute atomic E-state index is 0.264. The summed E-state index contributed by atoms with van der Waals surface area (Å²) in [6.45, 7) is 6.87. The Hall–Kier alpha value is -1.52. The third kappa shape index (κ3) is 5.21. The van der Waals surface area contributed by atoms with Crippen LogP contribution in [0.1, 0.15) is 33.6 Å². The molecule has 0 spiro atoms. The quantitative estimate of drug-likeness (QED) is 0.762. The number of nitrogens with two attached hydrogens (primary N) is 1. The third-order valence-corrected chi connectivity index (χ3v) is 2.72. The number of primary amides is 1. The number of rotatable bonds is 2. The lowest BCUT2D eigenvalue weighted by molar-refractivity contribution is -0.113. The van der Waals surface area contributed by atoms with Gasteiger partial charge in [0.25, 0.3) is 0 Å². The topological polar surface area (TPSA) is 72.6 Å². The van der Waals surface area contributed by atoms with Crippen molar-refractivity contribution in [2.75, 3.05) is 13.1 Å². The molecule has 1 aliphatic rings. The molecule has 18 heavy (non-hydrogen) atoms. The Morgan fingerprint density at radius 3 is 2.28 bits per heavy atom. The first-order valence-electron chi connectivity index (χ1n) is 6.23. The molecule has 0 aromatic heterocycles. The Labute approximate surface area is 108 Å². The number of nitrogens with zero attached hydrogens (tertiary/aromatic N) is 1. The number of hydrogen-bond acceptors (Lipinski definition) is 3. The molecule has 2 N–H and O–H groups in total. The Kier molecular flexibility index (Phi) is 4.76. The molecule has 102 valence electrons. The van der Waals surface area contributed by atoms with Crippen LogP contribution in [-0.2, 0) is 9.53 Å². The number of carbonyl (C=O) groups excluding carboxylic acids is 2. The maximum absolute atomic E-state index is 11.8. The second-order valence-corrected chi connectivity index (χ2v) is 5.57. The van der Waals surface area contributed by atoms with Gasteiger partial charge in [-0.25, -0.2) is 4.79 Å². The molecule has 1 aliphatic heterocycles. The fourth-order valence-electron chi connectivity index (χ4n) is 1.83. The van der Waals surface area contributed by atoms with Crippen LogP contribution in [0.5, 0.6) is 0 Å². The smallest absolute Gasteiger partial charge is 0.410 e. The van der Waals surface area contributed by atoms with Gasteiger partial charge in [-0.3, -0.25) is 4.79 Å². The van der Waals surface area contributed by atoms with Gasteiger partial charge < -0.3 is 15.4 Å². The van der Waals surface area contributed by atoms with Gasteiger partial charge in [-0.15, -0.1) is 0 Å². The lowest BCUT2D eigenvalue weighted by Gasteiger charge is -2.32. The predicted molar refractivity (Wildman–Crippen MR) is 68.9 cm³/mol. The fourth-order valence-corrected chi connectivity index (χ4v) is 1.83. The number of allylic oxidation sites excluding steroid dienone is 1. The van der Waals surface area contributed by atoms with Gasteiger partial charge in [-0.2, -0.15) is 0 Å². The minimum Gasteiger partial charge on any atom is -0.444 e. The van der Waals surface area contributed by atoms with Crippen molar-refractivity contribution in [3.63, 3.8) is 0 Å². The number of likely N-dealkylation sites (tertiary alicyclic amines) is 1. The highest BCUT2D eigenvalue weighted by Crippen LogP contribution is 2.20. The first-order chi connectivity index (χ1) is 8.28. The summed E-state index contributed by atoms with van der Waals surface area (Å²) < 4.78 is 5.31. The van der Waals surface area contributed by atoms with E-state index in [1.807, 2.05) is 26.8 Å². The Morgan fingerprint density at radius 1 is 1.28 bits per heavy atom. The predicted octanol–water partition coefficient (Wildman–Crippen LogP) is 1.67. The van der Waals surface area contributed by atoms with Crippen molar-refractivity contribution in [2.24, 2.45) is 11.7 Å². The van der Waals surface area contributed by atoms with Gasteiger partial charge >= 0.3 is 6.09 Å². The van der Waals surface area contributed by atoms with Crippen LogP contribution < -0.4 is 5.73 Å². The number of amides is 2. The summed E-state index contributed by atoms with van der Waals surface area (Å²) in [5.74, 6) is -0.110. The maximum atomic E-state index is 11.8. The van der Waals surface area contributed by atoms with Gasteiger partial charge in [-0.05, 0) is 45.6 Å². The Morgan fingerprint density at radius 2 is 1.83 bits per heavy atom. The van der Waals surface area contributed by atoms with Gasteiger partial charge in [-0.1, -0.05) is 6.08 Å². The second kappa shape index (κ2) is 5.89. The highest BCUT2D eigenvalue weighted by Gasteiger charge is 2.25. The van der Waals surface area contributed by atoms with E-state index in [4.69, 9.17) is 10.5 Å². The van der Waals surface area contributed by atoms with Crippen LogP contribution in [0.15, 0.2) is 12.2 Å². The summed E-state index contributed by atoms with van der Waals surface area (Å²) in [5, 5.41) is 0. The van der Waals surface area contributed by atoms with Crippen LogP contribution in [0.25, 0.3) is 0 Å².